The largest absolute Gasteiger partial charge is 0.394 e. The molecule has 16 heavy (non-hydrogen) atoms. The molecular formula is C12H22N4. The van der Waals surface area contributed by atoms with E-state index >= 15 is 0 Å². The molecule has 90 valence electrons. The van der Waals surface area contributed by atoms with Crippen molar-refractivity contribution in [3.05, 3.63) is 5.69 Å². The minimum atomic E-state index is 0.541. The Hall–Kier alpha value is -1.19. The SMILES string of the molecule is CCCC1(CNc2c(N)c(C)nn2C)CC1. The van der Waals surface area contributed by atoms with E-state index in [0.29, 0.717) is 5.41 Å². The molecular weight excluding hydrogens is 200 g/mol. The maximum atomic E-state index is 5.98. The van der Waals surface area contributed by atoms with Crippen molar-refractivity contribution in [3.63, 3.8) is 0 Å². The van der Waals surface area contributed by atoms with Gasteiger partial charge in [-0.25, -0.2) is 0 Å². The van der Waals surface area contributed by atoms with Gasteiger partial charge in [-0.3, -0.25) is 4.68 Å². The maximum Gasteiger partial charge on any atom is 0.147 e. The smallest absolute Gasteiger partial charge is 0.147 e. The fourth-order valence-electron chi connectivity index (χ4n) is 2.38. The van der Waals surface area contributed by atoms with Crippen LogP contribution in [0, 0.1) is 12.3 Å². The van der Waals surface area contributed by atoms with E-state index in [1.54, 1.807) is 0 Å². The van der Waals surface area contributed by atoms with Gasteiger partial charge < -0.3 is 11.1 Å². The summed E-state index contributed by atoms with van der Waals surface area (Å²) in [5, 5.41) is 7.77. The lowest BCUT2D eigenvalue weighted by Gasteiger charge is -2.16. The Morgan fingerprint density at radius 3 is 2.62 bits per heavy atom. The molecule has 1 heterocycles. The molecule has 4 nitrogen and oxygen atoms in total. The minimum absolute atomic E-state index is 0.541. The first-order valence-corrected chi connectivity index (χ1v) is 6.11. The number of anilines is 2. The molecule has 1 aliphatic rings. The molecule has 1 aliphatic carbocycles. The van der Waals surface area contributed by atoms with Gasteiger partial charge in [0.25, 0.3) is 0 Å². The van der Waals surface area contributed by atoms with Crippen molar-refractivity contribution >= 4 is 11.5 Å². The Labute approximate surface area is 97.2 Å². The van der Waals surface area contributed by atoms with Crippen molar-refractivity contribution in [1.29, 1.82) is 0 Å². The lowest BCUT2D eigenvalue weighted by atomic mass is 10.0. The van der Waals surface area contributed by atoms with Crippen molar-refractivity contribution < 1.29 is 0 Å². The summed E-state index contributed by atoms with van der Waals surface area (Å²) in [7, 11) is 1.94. The van der Waals surface area contributed by atoms with Crippen LogP contribution in [0.2, 0.25) is 0 Å². The molecule has 0 bridgehead atoms. The third kappa shape index (κ3) is 2.01. The summed E-state index contributed by atoms with van der Waals surface area (Å²) in [4.78, 5) is 0. The van der Waals surface area contributed by atoms with E-state index in [-0.39, 0.29) is 0 Å². The highest BCUT2D eigenvalue weighted by molar-refractivity contribution is 5.64. The molecule has 1 aromatic heterocycles. The van der Waals surface area contributed by atoms with Crippen molar-refractivity contribution in [2.24, 2.45) is 12.5 Å². The van der Waals surface area contributed by atoms with E-state index in [4.69, 9.17) is 5.73 Å². The number of nitrogens with zero attached hydrogens (tertiary/aromatic N) is 2. The summed E-state index contributed by atoms with van der Waals surface area (Å²) in [5.41, 5.74) is 8.22. The first kappa shape index (κ1) is 11.3. The van der Waals surface area contributed by atoms with Crippen LogP contribution < -0.4 is 11.1 Å². The Morgan fingerprint density at radius 1 is 1.50 bits per heavy atom. The Balaban J connectivity index is 1.99. The zero-order valence-corrected chi connectivity index (χ0v) is 10.5. The Bertz CT molecular complexity index is 377. The molecule has 2 rings (SSSR count). The average molecular weight is 222 g/mol. The Kier molecular flexibility index (Phi) is 2.82. The van der Waals surface area contributed by atoms with Gasteiger partial charge in [0.2, 0.25) is 0 Å². The normalized spacial score (nSPS) is 17.4. The molecule has 0 amide bonds. The molecule has 0 aliphatic heterocycles. The number of aryl methyl sites for hydroxylation is 2. The highest BCUT2D eigenvalue weighted by atomic mass is 15.3. The predicted octanol–water partition coefficient (Wildman–Crippen LogP) is 2.30. The summed E-state index contributed by atoms with van der Waals surface area (Å²) in [6.45, 7) is 5.23. The average Bonchev–Trinajstić information content (AvgIpc) is 2.93. The van der Waals surface area contributed by atoms with Gasteiger partial charge in [0.1, 0.15) is 5.82 Å². The summed E-state index contributed by atoms with van der Waals surface area (Å²) < 4.78 is 1.84. The fraction of sp³-hybridized carbons (Fsp3) is 0.750. The van der Waals surface area contributed by atoms with Gasteiger partial charge in [0, 0.05) is 13.6 Å². The van der Waals surface area contributed by atoms with Gasteiger partial charge in [-0.15, -0.1) is 0 Å². The van der Waals surface area contributed by atoms with Crippen LogP contribution in [0.5, 0.6) is 0 Å². The third-order valence-corrected chi connectivity index (χ3v) is 3.64. The van der Waals surface area contributed by atoms with E-state index in [1.807, 2.05) is 18.7 Å². The quantitative estimate of drug-likeness (QED) is 0.803. The highest BCUT2D eigenvalue weighted by Crippen LogP contribution is 2.49. The zero-order valence-electron chi connectivity index (χ0n) is 10.5. The van der Waals surface area contributed by atoms with E-state index in [1.165, 1.54) is 25.7 Å². The number of nitrogens with one attached hydrogen (secondary N) is 1. The number of hydrogen-bond donors (Lipinski definition) is 2. The topological polar surface area (TPSA) is 55.9 Å². The van der Waals surface area contributed by atoms with Gasteiger partial charge in [-0.05, 0) is 31.6 Å². The molecule has 1 aromatic rings. The van der Waals surface area contributed by atoms with E-state index in [9.17, 15) is 0 Å². The van der Waals surface area contributed by atoms with Crippen LogP contribution in [0.3, 0.4) is 0 Å². The van der Waals surface area contributed by atoms with E-state index in [2.05, 4.69) is 17.3 Å². The summed E-state index contributed by atoms with van der Waals surface area (Å²) in [6, 6.07) is 0. The second-order valence-corrected chi connectivity index (χ2v) is 5.07. The van der Waals surface area contributed by atoms with Crippen LogP contribution in [0.15, 0.2) is 0 Å². The van der Waals surface area contributed by atoms with Gasteiger partial charge in [-0.1, -0.05) is 13.3 Å². The Morgan fingerprint density at radius 2 is 2.19 bits per heavy atom. The van der Waals surface area contributed by atoms with Gasteiger partial charge in [-0.2, -0.15) is 5.10 Å². The number of rotatable bonds is 5. The second kappa shape index (κ2) is 4.00. The fourth-order valence-corrected chi connectivity index (χ4v) is 2.38. The third-order valence-electron chi connectivity index (χ3n) is 3.64. The highest BCUT2D eigenvalue weighted by Gasteiger charge is 2.41. The summed E-state index contributed by atoms with van der Waals surface area (Å²) in [6.07, 6.45) is 5.29. The molecule has 0 aromatic carbocycles. The van der Waals surface area contributed by atoms with Crippen LogP contribution in [0.25, 0.3) is 0 Å². The lowest BCUT2D eigenvalue weighted by Crippen LogP contribution is -2.17. The second-order valence-electron chi connectivity index (χ2n) is 5.07. The van der Waals surface area contributed by atoms with Crippen molar-refractivity contribution in [2.75, 3.05) is 17.6 Å². The van der Waals surface area contributed by atoms with Crippen molar-refractivity contribution in [2.45, 2.75) is 39.5 Å². The molecule has 0 atom stereocenters. The lowest BCUT2D eigenvalue weighted by molar-refractivity contribution is 0.484. The van der Waals surface area contributed by atoms with Crippen LogP contribution in [0.1, 0.15) is 38.3 Å². The molecule has 1 fully saturated rings. The number of aromatic nitrogens is 2. The maximum absolute atomic E-state index is 5.98. The van der Waals surface area contributed by atoms with Crippen LogP contribution in [-0.2, 0) is 7.05 Å². The van der Waals surface area contributed by atoms with Crippen LogP contribution >= 0.6 is 0 Å². The zero-order chi connectivity index (χ0) is 11.8. The molecule has 0 spiro atoms. The molecule has 1 saturated carbocycles. The van der Waals surface area contributed by atoms with Crippen LogP contribution in [-0.4, -0.2) is 16.3 Å². The number of nitrogens with two attached hydrogens (primary N) is 1. The van der Waals surface area contributed by atoms with Crippen molar-refractivity contribution in [1.82, 2.24) is 9.78 Å². The monoisotopic (exact) mass is 222 g/mol. The van der Waals surface area contributed by atoms with E-state index in [0.717, 1.165) is 23.7 Å². The van der Waals surface area contributed by atoms with Gasteiger partial charge in [0.15, 0.2) is 0 Å². The van der Waals surface area contributed by atoms with Gasteiger partial charge in [0.05, 0.1) is 11.4 Å². The standard InChI is InChI=1S/C12H22N4/c1-4-5-12(6-7-12)8-14-11-10(13)9(2)15-16(11)3/h14H,4-8,13H2,1-3H3. The molecule has 3 N–H and O–H groups in total. The molecule has 0 saturated heterocycles. The molecule has 0 radical (unpaired) electrons. The number of nitrogen functional groups attached to an aromatic ring is 1. The number of hydrogen-bond acceptors (Lipinski definition) is 3. The predicted molar refractivity (Wildman–Crippen MR) is 67.4 cm³/mol. The first-order valence-electron chi connectivity index (χ1n) is 6.11. The minimum Gasteiger partial charge on any atom is -0.394 e. The first-order chi connectivity index (χ1) is 7.58. The summed E-state index contributed by atoms with van der Waals surface area (Å²) in [5.74, 6) is 0.972. The van der Waals surface area contributed by atoms with Crippen molar-refractivity contribution in [3.8, 4) is 0 Å². The summed E-state index contributed by atoms with van der Waals surface area (Å²) >= 11 is 0. The van der Waals surface area contributed by atoms with E-state index < -0.39 is 0 Å². The molecule has 4 heteroatoms. The van der Waals surface area contributed by atoms with Crippen LogP contribution in [0.4, 0.5) is 11.5 Å². The van der Waals surface area contributed by atoms with Gasteiger partial charge >= 0.3 is 0 Å². The molecule has 0 unspecified atom stereocenters.